The van der Waals surface area contributed by atoms with Gasteiger partial charge in [-0.25, -0.2) is 9.78 Å². The van der Waals surface area contributed by atoms with Crippen LogP contribution in [0, 0.1) is 0 Å². The van der Waals surface area contributed by atoms with E-state index in [0.29, 0.717) is 5.75 Å². The SMILES string of the molecule is Cn1ccnc1SCC1(C)S[C@@H]2C(NC(=O)Cc3ccccc3)C(=O)N2C1C(=O)OCC(Cl)(Cl)Cl. The minimum absolute atomic E-state index is 0.156. The minimum atomic E-state index is -1.77. The number of esters is 1. The van der Waals surface area contributed by atoms with Crippen molar-refractivity contribution in [1.29, 1.82) is 0 Å². The molecular weight excluding hydrogens is 555 g/mol. The minimum Gasteiger partial charge on any atom is -0.460 e. The molecule has 8 nitrogen and oxygen atoms in total. The molecule has 13 heteroatoms. The summed E-state index contributed by atoms with van der Waals surface area (Å²) in [6.45, 7) is 1.45. The summed E-state index contributed by atoms with van der Waals surface area (Å²) in [5.74, 6) is -0.802. The van der Waals surface area contributed by atoms with Gasteiger partial charge in [0.25, 0.3) is 0 Å². The lowest BCUT2D eigenvalue weighted by atomic mass is 9.95. The van der Waals surface area contributed by atoms with Crippen molar-refractivity contribution in [2.24, 2.45) is 7.05 Å². The van der Waals surface area contributed by atoms with E-state index in [1.165, 1.54) is 28.4 Å². The maximum absolute atomic E-state index is 13.1. The average molecular weight is 578 g/mol. The lowest BCUT2D eigenvalue weighted by Crippen LogP contribution is -2.71. The van der Waals surface area contributed by atoms with Gasteiger partial charge in [0.15, 0.2) is 5.16 Å². The van der Waals surface area contributed by atoms with Gasteiger partial charge in [0.05, 0.1) is 11.2 Å². The Morgan fingerprint density at radius 1 is 1.29 bits per heavy atom. The lowest BCUT2D eigenvalue weighted by Gasteiger charge is -2.44. The number of imidazole rings is 1. The quantitative estimate of drug-likeness (QED) is 0.223. The predicted octanol–water partition coefficient (Wildman–Crippen LogP) is 3.20. The van der Waals surface area contributed by atoms with Crippen LogP contribution in [0.15, 0.2) is 47.9 Å². The second-order valence-corrected chi connectivity index (χ2v) is 13.6. The van der Waals surface area contributed by atoms with Gasteiger partial charge in [-0.3, -0.25) is 9.59 Å². The Morgan fingerprint density at radius 2 is 2.00 bits per heavy atom. The van der Waals surface area contributed by atoms with E-state index in [0.717, 1.165) is 10.7 Å². The number of fused-ring (bicyclic) bond motifs is 1. The first-order valence-corrected chi connectivity index (χ1v) is 13.7. The van der Waals surface area contributed by atoms with Crippen LogP contribution in [0.25, 0.3) is 0 Å². The van der Waals surface area contributed by atoms with Crippen molar-refractivity contribution in [2.75, 3.05) is 12.4 Å². The number of rotatable bonds is 8. The van der Waals surface area contributed by atoms with Gasteiger partial charge in [-0.15, -0.1) is 11.8 Å². The fourth-order valence-corrected chi connectivity index (χ4v) is 7.20. The van der Waals surface area contributed by atoms with E-state index in [9.17, 15) is 14.4 Å². The lowest BCUT2D eigenvalue weighted by molar-refractivity contribution is -0.164. The van der Waals surface area contributed by atoms with Crippen molar-refractivity contribution in [3.63, 3.8) is 0 Å². The Balaban J connectivity index is 1.49. The molecule has 4 rings (SSSR count). The topological polar surface area (TPSA) is 93.5 Å². The highest BCUT2D eigenvalue weighted by Gasteiger charge is 2.66. The van der Waals surface area contributed by atoms with Crippen molar-refractivity contribution in [1.82, 2.24) is 19.8 Å². The van der Waals surface area contributed by atoms with E-state index in [2.05, 4.69) is 10.3 Å². The van der Waals surface area contributed by atoms with Crippen LogP contribution in [0.3, 0.4) is 0 Å². The zero-order chi connectivity index (χ0) is 25.4. The molecule has 0 aliphatic carbocycles. The molecule has 3 unspecified atom stereocenters. The summed E-state index contributed by atoms with van der Waals surface area (Å²) in [6.07, 6.45) is 3.67. The van der Waals surface area contributed by atoms with Gasteiger partial charge >= 0.3 is 5.97 Å². The summed E-state index contributed by atoms with van der Waals surface area (Å²) in [5, 5.41) is 3.18. The molecule has 3 heterocycles. The molecule has 2 aliphatic rings. The number of thioether (sulfide) groups is 2. The summed E-state index contributed by atoms with van der Waals surface area (Å²) in [7, 11) is 1.88. The first kappa shape index (κ1) is 26.5. The Kier molecular flexibility index (Phi) is 7.88. The van der Waals surface area contributed by atoms with E-state index >= 15 is 0 Å². The first-order chi connectivity index (χ1) is 16.5. The maximum atomic E-state index is 13.1. The number of benzene rings is 1. The zero-order valence-electron chi connectivity index (χ0n) is 18.8. The van der Waals surface area contributed by atoms with Gasteiger partial charge in [0.2, 0.25) is 15.6 Å². The first-order valence-electron chi connectivity index (χ1n) is 10.7. The Hall–Kier alpha value is -1.59. The number of amides is 2. The highest BCUT2D eigenvalue weighted by atomic mass is 35.6. The summed E-state index contributed by atoms with van der Waals surface area (Å²) in [6, 6.07) is 7.62. The maximum Gasteiger partial charge on any atom is 0.330 e. The summed E-state index contributed by atoms with van der Waals surface area (Å²) < 4.78 is 4.65. The number of hydrogen-bond acceptors (Lipinski definition) is 7. The average Bonchev–Trinajstić information content (AvgIpc) is 3.33. The fraction of sp³-hybridized carbons (Fsp3) is 0.455. The number of hydrogen-bond donors (Lipinski definition) is 1. The van der Waals surface area contributed by atoms with Gasteiger partial charge in [-0.1, -0.05) is 76.9 Å². The van der Waals surface area contributed by atoms with Crippen molar-refractivity contribution in [2.45, 2.75) is 44.5 Å². The van der Waals surface area contributed by atoms with E-state index in [4.69, 9.17) is 39.5 Å². The van der Waals surface area contributed by atoms with Crippen molar-refractivity contribution in [3.8, 4) is 0 Å². The Labute approximate surface area is 226 Å². The molecule has 0 bridgehead atoms. The number of carbonyl (C=O) groups excluding carboxylic acids is 3. The van der Waals surface area contributed by atoms with Crippen molar-refractivity contribution < 1.29 is 19.1 Å². The molecule has 2 amide bonds. The second kappa shape index (κ2) is 10.4. The third-order valence-corrected chi connectivity index (χ3v) is 9.27. The largest absolute Gasteiger partial charge is 0.460 e. The van der Waals surface area contributed by atoms with Crippen LogP contribution in [0.5, 0.6) is 0 Å². The highest BCUT2D eigenvalue weighted by molar-refractivity contribution is 8.04. The molecule has 4 atom stereocenters. The summed E-state index contributed by atoms with van der Waals surface area (Å²) in [4.78, 5) is 44.6. The summed E-state index contributed by atoms with van der Waals surface area (Å²) >= 11 is 20.2. The third kappa shape index (κ3) is 5.88. The zero-order valence-corrected chi connectivity index (χ0v) is 22.7. The molecule has 2 saturated heterocycles. The van der Waals surface area contributed by atoms with Crippen molar-refractivity contribution in [3.05, 3.63) is 48.3 Å². The predicted molar refractivity (Wildman–Crippen MR) is 138 cm³/mol. The number of ether oxygens (including phenoxy) is 1. The number of aromatic nitrogens is 2. The molecule has 0 spiro atoms. The highest BCUT2D eigenvalue weighted by Crippen LogP contribution is 2.53. The number of nitrogens with one attached hydrogen (secondary N) is 1. The van der Waals surface area contributed by atoms with Crippen molar-refractivity contribution >= 4 is 76.1 Å². The fourth-order valence-electron chi connectivity index (χ4n) is 4.07. The van der Waals surface area contributed by atoms with Crippen LogP contribution < -0.4 is 5.32 Å². The number of carbonyl (C=O) groups is 3. The van der Waals surface area contributed by atoms with E-state index in [-0.39, 0.29) is 18.2 Å². The molecule has 2 aliphatic heterocycles. The third-order valence-electron chi connectivity index (χ3n) is 5.72. The molecule has 35 heavy (non-hydrogen) atoms. The number of β-lactam (4-membered cyclic amide) rings is 1. The standard InChI is InChI=1S/C22H23Cl3N4O4S2/c1-21(12-34-20-26-8-9-28(20)2)16(19(32)33-11-22(23,24)25)29-17(31)15(18(29)35-21)27-14(30)10-13-6-4-3-5-7-13/h3-9,15-16,18H,10-12H2,1-2H3,(H,27,30)/t15?,16?,18-,21?/m1/s1. The number of alkyl halides is 3. The summed E-state index contributed by atoms with van der Waals surface area (Å²) in [5.41, 5.74) is 0.845. The molecule has 2 fully saturated rings. The smallest absolute Gasteiger partial charge is 0.330 e. The second-order valence-electron chi connectivity index (χ2n) is 8.51. The van der Waals surface area contributed by atoms with Gasteiger partial charge < -0.3 is 19.5 Å². The monoisotopic (exact) mass is 576 g/mol. The molecule has 1 aromatic heterocycles. The number of aryl methyl sites for hydroxylation is 1. The van der Waals surface area contributed by atoms with Gasteiger partial charge in [-0.05, 0) is 12.5 Å². The van der Waals surface area contributed by atoms with Gasteiger partial charge in [-0.2, -0.15) is 0 Å². The molecule has 188 valence electrons. The van der Waals surface area contributed by atoms with Crippen LogP contribution >= 0.6 is 58.3 Å². The van der Waals surface area contributed by atoms with Crippen LogP contribution in [-0.2, 0) is 32.6 Å². The normalized spacial score (nSPS) is 25.7. The van der Waals surface area contributed by atoms with Crippen LogP contribution in [0.1, 0.15) is 12.5 Å². The molecule has 0 saturated carbocycles. The van der Waals surface area contributed by atoms with Crippen LogP contribution in [0.2, 0.25) is 0 Å². The van der Waals surface area contributed by atoms with Gasteiger partial charge in [0.1, 0.15) is 24.1 Å². The van der Waals surface area contributed by atoms with Crippen LogP contribution in [-0.4, -0.2) is 70.6 Å². The van der Waals surface area contributed by atoms with Gasteiger partial charge in [0, 0.05) is 25.2 Å². The molecular formula is C22H23Cl3N4O4S2. The van der Waals surface area contributed by atoms with Crippen LogP contribution in [0.4, 0.5) is 0 Å². The Bertz CT molecular complexity index is 1110. The number of nitrogens with zero attached hydrogens (tertiary/aromatic N) is 3. The molecule has 2 aromatic rings. The Morgan fingerprint density at radius 3 is 2.63 bits per heavy atom. The van der Waals surface area contributed by atoms with E-state index in [1.54, 1.807) is 6.20 Å². The molecule has 1 aromatic carbocycles. The number of halogens is 3. The molecule has 1 N–H and O–H groups in total. The molecule has 0 radical (unpaired) electrons. The van der Waals surface area contributed by atoms with E-state index in [1.807, 2.05) is 55.1 Å². The van der Waals surface area contributed by atoms with E-state index < -0.39 is 38.6 Å².